The molecule has 5 heteroatoms. The summed E-state index contributed by atoms with van der Waals surface area (Å²) in [7, 11) is 1.40. The van der Waals surface area contributed by atoms with Crippen LogP contribution in [0.5, 0.6) is 0 Å². The lowest BCUT2D eigenvalue weighted by atomic mass is 10.1. The number of ether oxygens (including phenoxy) is 1. The number of carbonyl (C=O) groups is 1. The van der Waals surface area contributed by atoms with Crippen LogP contribution >= 0.6 is 11.3 Å². The van der Waals surface area contributed by atoms with Crippen LogP contribution in [0.2, 0.25) is 0 Å². The number of nitrogens with one attached hydrogen (secondary N) is 1. The van der Waals surface area contributed by atoms with Crippen LogP contribution in [-0.4, -0.2) is 13.1 Å². The van der Waals surface area contributed by atoms with E-state index in [0.717, 1.165) is 10.4 Å². The number of carbonyl (C=O) groups excluding carboxylic acids is 1. The molecule has 1 atom stereocenters. The first-order valence-electron chi connectivity index (χ1n) is 6.55. The van der Waals surface area contributed by atoms with Gasteiger partial charge in [0.25, 0.3) is 0 Å². The molecule has 0 spiro atoms. The van der Waals surface area contributed by atoms with E-state index in [4.69, 9.17) is 10.00 Å². The summed E-state index contributed by atoms with van der Waals surface area (Å²) < 4.78 is 4.75. The Labute approximate surface area is 128 Å². The van der Waals surface area contributed by atoms with Gasteiger partial charge in [-0.05, 0) is 29.1 Å². The normalized spacial score (nSPS) is 11.6. The maximum absolute atomic E-state index is 11.5. The molecule has 0 amide bonds. The topological polar surface area (TPSA) is 62.1 Å². The van der Waals surface area contributed by atoms with E-state index in [1.54, 1.807) is 23.5 Å². The van der Waals surface area contributed by atoms with Gasteiger partial charge in [0, 0.05) is 11.4 Å². The van der Waals surface area contributed by atoms with Crippen LogP contribution in [0.25, 0.3) is 0 Å². The Morgan fingerprint density at radius 1 is 1.38 bits per heavy atom. The molecule has 1 aromatic carbocycles. The molecule has 1 N–H and O–H groups in total. The molecule has 2 aromatic rings. The first-order valence-corrected chi connectivity index (χ1v) is 7.43. The zero-order valence-corrected chi connectivity index (χ0v) is 12.5. The smallest absolute Gasteiger partial charge is 0.307 e. The van der Waals surface area contributed by atoms with Crippen molar-refractivity contribution in [3.8, 4) is 6.07 Å². The third-order valence-corrected chi connectivity index (χ3v) is 4.11. The lowest BCUT2D eigenvalue weighted by Crippen LogP contribution is -2.23. The molecule has 0 bridgehead atoms. The molecule has 1 heterocycles. The molecule has 108 valence electrons. The van der Waals surface area contributed by atoms with Crippen molar-refractivity contribution in [1.29, 1.82) is 5.26 Å². The van der Waals surface area contributed by atoms with Gasteiger partial charge in [-0.3, -0.25) is 4.79 Å². The maximum atomic E-state index is 11.5. The van der Waals surface area contributed by atoms with Crippen LogP contribution in [0.3, 0.4) is 0 Å². The number of rotatable bonds is 6. The second-order valence-electron chi connectivity index (χ2n) is 4.54. The molecule has 0 aliphatic rings. The number of methoxy groups -OCH3 is 1. The van der Waals surface area contributed by atoms with Gasteiger partial charge >= 0.3 is 5.97 Å². The van der Waals surface area contributed by atoms with Crippen molar-refractivity contribution in [2.75, 3.05) is 7.11 Å². The number of thiophene rings is 1. The Bertz CT molecular complexity index is 615. The third kappa shape index (κ3) is 4.42. The van der Waals surface area contributed by atoms with Crippen LogP contribution < -0.4 is 5.32 Å². The standard InChI is InChI=1S/C16H16N2O2S/c1-20-16(19)9-14(15-3-2-8-21-15)18-11-13-6-4-12(10-17)5-7-13/h2-8,14,18H,9,11H2,1H3. The summed E-state index contributed by atoms with van der Waals surface area (Å²) in [6.07, 6.45) is 0.299. The molecular formula is C16H16N2O2S. The van der Waals surface area contributed by atoms with E-state index in [0.29, 0.717) is 18.5 Å². The summed E-state index contributed by atoms with van der Waals surface area (Å²) in [5, 5.41) is 14.1. The summed E-state index contributed by atoms with van der Waals surface area (Å²) in [5.41, 5.74) is 1.71. The molecule has 1 unspecified atom stereocenters. The van der Waals surface area contributed by atoms with Gasteiger partial charge in [0.2, 0.25) is 0 Å². The molecule has 0 radical (unpaired) electrons. The minimum atomic E-state index is -0.235. The van der Waals surface area contributed by atoms with Crippen molar-refractivity contribution in [3.05, 3.63) is 57.8 Å². The van der Waals surface area contributed by atoms with E-state index >= 15 is 0 Å². The highest BCUT2D eigenvalue weighted by Gasteiger charge is 2.16. The van der Waals surface area contributed by atoms with Crippen molar-refractivity contribution in [1.82, 2.24) is 5.32 Å². The first kappa shape index (κ1) is 15.2. The van der Waals surface area contributed by atoms with Gasteiger partial charge in [0.05, 0.1) is 31.2 Å². The lowest BCUT2D eigenvalue weighted by molar-refractivity contribution is -0.141. The number of nitrogens with zero attached hydrogens (tertiary/aromatic N) is 1. The number of hydrogen-bond acceptors (Lipinski definition) is 5. The van der Waals surface area contributed by atoms with Gasteiger partial charge in [0.15, 0.2) is 0 Å². The molecule has 21 heavy (non-hydrogen) atoms. The number of hydrogen-bond donors (Lipinski definition) is 1. The summed E-state index contributed by atoms with van der Waals surface area (Å²) in [6, 6.07) is 13.4. The van der Waals surface area contributed by atoms with Crippen molar-refractivity contribution in [2.45, 2.75) is 19.0 Å². The van der Waals surface area contributed by atoms with E-state index in [1.807, 2.05) is 29.6 Å². The summed E-state index contributed by atoms with van der Waals surface area (Å²) in [4.78, 5) is 12.6. The van der Waals surface area contributed by atoms with Gasteiger partial charge in [-0.25, -0.2) is 0 Å². The van der Waals surface area contributed by atoms with Crippen molar-refractivity contribution >= 4 is 17.3 Å². The van der Waals surface area contributed by atoms with E-state index in [2.05, 4.69) is 11.4 Å². The molecule has 1 aromatic heterocycles. The molecule has 4 nitrogen and oxygen atoms in total. The summed E-state index contributed by atoms with van der Waals surface area (Å²) in [5.74, 6) is -0.235. The number of nitriles is 1. The lowest BCUT2D eigenvalue weighted by Gasteiger charge is -2.16. The third-order valence-electron chi connectivity index (χ3n) is 3.12. The average molecular weight is 300 g/mol. The largest absolute Gasteiger partial charge is 0.469 e. The molecule has 0 aliphatic carbocycles. The highest BCUT2D eigenvalue weighted by Crippen LogP contribution is 2.23. The average Bonchev–Trinajstić information content (AvgIpc) is 3.06. The van der Waals surface area contributed by atoms with E-state index in [-0.39, 0.29) is 12.0 Å². The van der Waals surface area contributed by atoms with Crippen LogP contribution in [0, 0.1) is 11.3 Å². The van der Waals surface area contributed by atoms with E-state index in [1.165, 1.54) is 7.11 Å². The van der Waals surface area contributed by atoms with Crippen LogP contribution in [0.4, 0.5) is 0 Å². The van der Waals surface area contributed by atoms with Crippen LogP contribution in [-0.2, 0) is 16.1 Å². The van der Waals surface area contributed by atoms with Gasteiger partial charge in [0.1, 0.15) is 0 Å². The number of esters is 1. The van der Waals surface area contributed by atoms with Crippen molar-refractivity contribution < 1.29 is 9.53 Å². The first-order chi connectivity index (χ1) is 10.2. The zero-order chi connectivity index (χ0) is 15.1. The molecule has 0 aliphatic heterocycles. The fourth-order valence-electron chi connectivity index (χ4n) is 1.95. The molecule has 0 fully saturated rings. The fraction of sp³-hybridized carbons (Fsp3) is 0.250. The molecule has 0 saturated heterocycles. The molecule has 0 saturated carbocycles. The highest BCUT2D eigenvalue weighted by molar-refractivity contribution is 7.10. The SMILES string of the molecule is COC(=O)CC(NCc1ccc(C#N)cc1)c1cccs1. The highest BCUT2D eigenvalue weighted by atomic mass is 32.1. The van der Waals surface area contributed by atoms with Crippen LogP contribution in [0.1, 0.15) is 28.5 Å². The minimum Gasteiger partial charge on any atom is -0.469 e. The van der Waals surface area contributed by atoms with Crippen molar-refractivity contribution in [2.24, 2.45) is 0 Å². The predicted octanol–water partition coefficient (Wildman–Crippen LogP) is 3.01. The Morgan fingerprint density at radius 2 is 2.14 bits per heavy atom. The summed E-state index contributed by atoms with van der Waals surface area (Å²) >= 11 is 1.61. The summed E-state index contributed by atoms with van der Waals surface area (Å²) in [6.45, 7) is 0.630. The van der Waals surface area contributed by atoms with Gasteiger partial charge in [-0.15, -0.1) is 11.3 Å². The molecular weight excluding hydrogens is 284 g/mol. The van der Waals surface area contributed by atoms with E-state index in [9.17, 15) is 4.79 Å². The predicted molar refractivity (Wildman–Crippen MR) is 81.7 cm³/mol. The number of benzene rings is 1. The second-order valence-corrected chi connectivity index (χ2v) is 5.52. The molecule has 2 rings (SSSR count). The van der Waals surface area contributed by atoms with Gasteiger partial charge in [-0.1, -0.05) is 18.2 Å². The quantitative estimate of drug-likeness (QED) is 0.833. The van der Waals surface area contributed by atoms with E-state index < -0.39 is 0 Å². The Balaban J connectivity index is 2.01. The Kier molecular flexibility index (Phi) is 5.50. The Hall–Kier alpha value is -2.16. The maximum Gasteiger partial charge on any atom is 0.307 e. The fourth-order valence-corrected chi connectivity index (χ4v) is 2.75. The van der Waals surface area contributed by atoms with Crippen molar-refractivity contribution in [3.63, 3.8) is 0 Å². The van der Waals surface area contributed by atoms with Crippen LogP contribution in [0.15, 0.2) is 41.8 Å². The van der Waals surface area contributed by atoms with Gasteiger partial charge in [-0.2, -0.15) is 5.26 Å². The minimum absolute atomic E-state index is 0.0620. The Morgan fingerprint density at radius 3 is 2.71 bits per heavy atom. The zero-order valence-electron chi connectivity index (χ0n) is 11.7. The van der Waals surface area contributed by atoms with Gasteiger partial charge < -0.3 is 10.1 Å². The monoisotopic (exact) mass is 300 g/mol. The second kappa shape index (κ2) is 7.58.